The fraction of sp³-hybridized carbons (Fsp3) is 0.188. The highest BCUT2D eigenvalue weighted by molar-refractivity contribution is 5.98. The van der Waals surface area contributed by atoms with Crippen LogP contribution in [0.5, 0.6) is 0 Å². The summed E-state index contributed by atoms with van der Waals surface area (Å²) in [4.78, 5) is 31.5. The lowest BCUT2D eigenvalue weighted by Gasteiger charge is -2.22. The van der Waals surface area contributed by atoms with Crippen molar-refractivity contribution in [1.82, 2.24) is 20.8 Å². The lowest BCUT2D eigenvalue weighted by molar-refractivity contribution is -0.123. The maximum absolute atomic E-state index is 13.8. The predicted molar refractivity (Wildman–Crippen MR) is 153 cm³/mol. The van der Waals surface area contributed by atoms with Crippen molar-refractivity contribution in [3.8, 4) is 0 Å². The Morgan fingerprint density at radius 2 is 1.55 bits per heavy atom. The van der Waals surface area contributed by atoms with Crippen LogP contribution in [-0.4, -0.2) is 28.0 Å². The van der Waals surface area contributed by atoms with Crippen molar-refractivity contribution < 1.29 is 14.1 Å². The summed E-state index contributed by atoms with van der Waals surface area (Å²) in [6.45, 7) is 2.04. The van der Waals surface area contributed by atoms with Gasteiger partial charge in [0, 0.05) is 24.9 Å². The number of fused-ring (bicyclic) bond motifs is 1. The molecule has 0 saturated heterocycles. The summed E-state index contributed by atoms with van der Waals surface area (Å²) in [6.07, 6.45) is 0.739. The van der Waals surface area contributed by atoms with E-state index >= 15 is 0 Å². The number of nitrogens with one attached hydrogen (secondary N) is 2. The number of amides is 2. The molecular weight excluding hydrogens is 502 g/mol. The molecule has 2 unspecified atom stereocenters. The Kier molecular flexibility index (Phi) is 8.27. The second-order valence-electron chi connectivity index (χ2n) is 9.75. The van der Waals surface area contributed by atoms with Gasteiger partial charge in [-0.05, 0) is 46.5 Å². The van der Waals surface area contributed by atoms with Crippen LogP contribution in [0.2, 0.25) is 0 Å². The molecule has 0 radical (unpaired) electrons. The third-order valence-electron chi connectivity index (χ3n) is 6.74. The minimum Gasteiger partial charge on any atom is -0.342 e. The first-order chi connectivity index (χ1) is 19.5. The molecule has 0 spiro atoms. The van der Waals surface area contributed by atoms with Crippen molar-refractivity contribution in [2.45, 2.75) is 38.4 Å². The molecule has 8 nitrogen and oxygen atoms in total. The van der Waals surface area contributed by atoms with Crippen LogP contribution in [0, 0.1) is 6.92 Å². The molecule has 0 fully saturated rings. The summed E-state index contributed by atoms with van der Waals surface area (Å²) in [5.41, 5.74) is 8.96. The van der Waals surface area contributed by atoms with Gasteiger partial charge < -0.3 is 20.9 Å². The summed E-state index contributed by atoms with van der Waals surface area (Å²) in [7, 11) is 0. The highest BCUT2D eigenvalue weighted by Gasteiger charge is 2.28. The van der Waals surface area contributed by atoms with Crippen LogP contribution in [0.15, 0.2) is 102 Å². The first-order valence-corrected chi connectivity index (χ1v) is 13.2. The van der Waals surface area contributed by atoms with E-state index in [2.05, 4.69) is 20.8 Å². The quantitative estimate of drug-likeness (QED) is 0.244. The van der Waals surface area contributed by atoms with E-state index in [4.69, 9.17) is 10.3 Å². The largest absolute Gasteiger partial charge is 0.342 e. The minimum absolute atomic E-state index is 0.292. The van der Waals surface area contributed by atoms with Crippen molar-refractivity contribution in [3.63, 3.8) is 0 Å². The Morgan fingerprint density at radius 1 is 0.800 bits per heavy atom. The fourth-order valence-corrected chi connectivity index (χ4v) is 4.67. The molecule has 1 aromatic heterocycles. The van der Waals surface area contributed by atoms with Crippen molar-refractivity contribution in [1.29, 1.82) is 0 Å². The number of carbonyl (C=O) groups excluding carboxylic acids is 2. The van der Waals surface area contributed by atoms with E-state index in [1.54, 1.807) is 25.1 Å². The lowest BCUT2D eigenvalue weighted by Crippen LogP contribution is -2.49. The normalized spacial score (nSPS) is 12.6. The Hall–Kier alpha value is -4.82. The molecule has 5 aromatic rings. The van der Waals surface area contributed by atoms with Gasteiger partial charge in [0.25, 0.3) is 5.91 Å². The molecular formula is C32H31N5O3. The zero-order valence-electron chi connectivity index (χ0n) is 22.2. The van der Waals surface area contributed by atoms with Gasteiger partial charge in [-0.1, -0.05) is 90.1 Å². The predicted octanol–water partition coefficient (Wildman–Crippen LogP) is 4.43. The molecule has 2 atom stereocenters. The molecule has 40 heavy (non-hydrogen) atoms. The molecule has 0 aliphatic rings. The fourth-order valence-electron chi connectivity index (χ4n) is 4.67. The third kappa shape index (κ3) is 6.59. The second kappa shape index (κ2) is 12.4. The minimum atomic E-state index is -0.863. The third-order valence-corrected chi connectivity index (χ3v) is 6.74. The molecule has 0 bridgehead atoms. The van der Waals surface area contributed by atoms with Crippen LogP contribution >= 0.6 is 0 Å². The molecule has 0 saturated carbocycles. The Morgan fingerprint density at radius 3 is 2.30 bits per heavy atom. The number of hydrogen-bond donors (Lipinski definition) is 3. The number of benzene rings is 4. The summed E-state index contributed by atoms with van der Waals surface area (Å²) in [5.74, 6) is 0.0713. The molecule has 4 N–H and O–H groups in total. The van der Waals surface area contributed by atoms with Crippen LogP contribution in [-0.2, 0) is 24.2 Å². The molecule has 4 aromatic carbocycles. The SMILES string of the molecule is Cc1noc(C(Cc2ccccc2)NC(=O)C(Cc2ccc3ccccc3c2)NC(=O)c2cccc(CN)c2)n1. The highest BCUT2D eigenvalue weighted by Crippen LogP contribution is 2.20. The van der Waals surface area contributed by atoms with E-state index in [9.17, 15) is 9.59 Å². The van der Waals surface area contributed by atoms with Gasteiger partial charge in [-0.15, -0.1) is 0 Å². The number of carbonyl (C=O) groups is 2. The number of rotatable bonds is 10. The van der Waals surface area contributed by atoms with Crippen molar-refractivity contribution in [3.05, 3.63) is 131 Å². The zero-order chi connectivity index (χ0) is 27.9. The van der Waals surface area contributed by atoms with Crippen LogP contribution in [0.4, 0.5) is 0 Å². The molecule has 5 rings (SSSR count). The summed E-state index contributed by atoms with van der Waals surface area (Å²) < 4.78 is 5.45. The van der Waals surface area contributed by atoms with E-state index in [0.717, 1.165) is 27.5 Å². The number of aryl methyl sites for hydroxylation is 1. The van der Waals surface area contributed by atoms with Crippen molar-refractivity contribution in [2.24, 2.45) is 5.73 Å². The molecule has 8 heteroatoms. The number of hydrogen-bond acceptors (Lipinski definition) is 6. The Balaban J connectivity index is 1.43. The molecule has 1 heterocycles. The summed E-state index contributed by atoms with van der Waals surface area (Å²) >= 11 is 0. The van der Waals surface area contributed by atoms with Gasteiger partial charge in [-0.2, -0.15) is 4.98 Å². The van der Waals surface area contributed by atoms with E-state index < -0.39 is 12.1 Å². The molecule has 0 aliphatic carbocycles. The van der Waals surface area contributed by atoms with Gasteiger partial charge in [-0.25, -0.2) is 0 Å². The van der Waals surface area contributed by atoms with Crippen molar-refractivity contribution in [2.75, 3.05) is 0 Å². The van der Waals surface area contributed by atoms with E-state index in [-0.39, 0.29) is 11.8 Å². The van der Waals surface area contributed by atoms with E-state index in [1.165, 1.54) is 0 Å². The topological polar surface area (TPSA) is 123 Å². The first-order valence-electron chi connectivity index (χ1n) is 13.2. The van der Waals surface area contributed by atoms with Crippen LogP contribution in [0.1, 0.15) is 44.8 Å². The van der Waals surface area contributed by atoms with Crippen LogP contribution < -0.4 is 16.4 Å². The summed E-state index contributed by atoms with van der Waals surface area (Å²) in [5, 5.41) is 12.1. The van der Waals surface area contributed by atoms with Gasteiger partial charge >= 0.3 is 0 Å². The van der Waals surface area contributed by atoms with Crippen LogP contribution in [0.25, 0.3) is 10.8 Å². The van der Waals surface area contributed by atoms with Gasteiger partial charge in [0.05, 0.1) is 0 Å². The summed E-state index contributed by atoms with van der Waals surface area (Å²) in [6, 6.07) is 29.5. The molecule has 202 valence electrons. The number of aromatic nitrogens is 2. The van der Waals surface area contributed by atoms with Gasteiger partial charge in [-0.3, -0.25) is 9.59 Å². The number of nitrogens with zero attached hydrogens (tertiary/aromatic N) is 2. The second-order valence-corrected chi connectivity index (χ2v) is 9.75. The van der Waals surface area contributed by atoms with Gasteiger partial charge in [0.1, 0.15) is 12.1 Å². The maximum atomic E-state index is 13.8. The lowest BCUT2D eigenvalue weighted by atomic mass is 9.99. The first kappa shape index (κ1) is 26.8. The van der Waals surface area contributed by atoms with Gasteiger partial charge in [0.15, 0.2) is 5.82 Å². The van der Waals surface area contributed by atoms with Crippen LogP contribution in [0.3, 0.4) is 0 Å². The average Bonchev–Trinajstić information content (AvgIpc) is 3.43. The smallest absolute Gasteiger partial charge is 0.251 e. The van der Waals surface area contributed by atoms with Crippen molar-refractivity contribution >= 4 is 22.6 Å². The number of nitrogens with two attached hydrogens (primary N) is 1. The Labute approximate surface area is 232 Å². The Bertz CT molecular complexity index is 1620. The average molecular weight is 534 g/mol. The van der Waals surface area contributed by atoms with E-state index in [0.29, 0.717) is 36.7 Å². The van der Waals surface area contributed by atoms with Gasteiger partial charge in [0.2, 0.25) is 11.8 Å². The monoisotopic (exact) mass is 533 g/mol. The van der Waals surface area contributed by atoms with E-state index in [1.807, 2.05) is 78.9 Å². The standard InChI is InChI=1S/C32H31N5O3/c1-21-34-32(40-37-21)29(18-22-8-3-2-4-9-22)36-31(39)28(35-30(38)27-13-7-10-24(17-27)20-33)19-23-14-15-25-11-5-6-12-26(25)16-23/h2-17,28-29H,18-20,33H2,1H3,(H,35,38)(H,36,39). The maximum Gasteiger partial charge on any atom is 0.251 e. The molecule has 2 amide bonds. The highest BCUT2D eigenvalue weighted by atomic mass is 16.5. The zero-order valence-corrected chi connectivity index (χ0v) is 22.2. The molecule has 0 aliphatic heterocycles.